The van der Waals surface area contributed by atoms with E-state index in [1.54, 1.807) is 0 Å². The van der Waals surface area contributed by atoms with E-state index >= 15 is 0 Å². The summed E-state index contributed by atoms with van der Waals surface area (Å²) >= 11 is 0. The molecule has 0 amide bonds. The van der Waals surface area contributed by atoms with Gasteiger partial charge in [0.2, 0.25) is 0 Å². The predicted molar refractivity (Wildman–Crippen MR) is 102 cm³/mol. The van der Waals surface area contributed by atoms with E-state index < -0.39 is 0 Å². The lowest BCUT2D eigenvalue weighted by Gasteiger charge is -2.40. The largest absolute Gasteiger partial charge is 0.375 e. The van der Waals surface area contributed by atoms with Crippen molar-refractivity contribution in [2.24, 2.45) is 0 Å². The molecule has 0 aromatic carbocycles. The summed E-state index contributed by atoms with van der Waals surface area (Å²) in [7, 11) is 0. The van der Waals surface area contributed by atoms with E-state index in [0.717, 1.165) is 57.9 Å². The number of hydrogen-bond donors (Lipinski definition) is 0. The first-order chi connectivity index (χ1) is 12.8. The van der Waals surface area contributed by atoms with Crippen molar-refractivity contribution in [3.05, 3.63) is 59.7 Å². The van der Waals surface area contributed by atoms with Gasteiger partial charge in [0.25, 0.3) is 0 Å². The van der Waals surface area contributed by atoms with E-state index in [1.807, 2.05) is 18.5 Å². The van der Waals surface area contributed by atoms with E-state index in [1.165, 1.54) is 11.3 Å². The number of ether oxygens (including phenoxy) is 1. The average Bonchev–Trinajstić information content (AvgIpc) is 2.86. The van der Waals surface area contributed by atoms with E-state index in [-0.39, 0.29) is 0 Å². The van der Waals surface area contributed by atoms with Gasteiger partial charge < -0.3 is 4.74 Å². The maximum absolute atomic E-state index is 6.15. The fourth-order valence-corrected chi connectivity index (χ4v) is 4.21. The van der Waals surface area contributed by atoms with Gasteiger partial charge in [-0.25, -0.2) is 0 Å². The number of morpholine rings is 1. The molecule has 0 aliphatic carbocycles. The number of rotatable bonds is 4. The fourth-order valence-electron chi connectivity index (χ4n) is 4.21. The van der Waals surface area contributed by atoms with Crippen LogP contribution in [-0.4, -0.2) is 58.2 Å². The minimum Gasteiger partial charge on any atom is -0.375 e. The molecule has 2 aliphatic rings. The van der Waals surface area contributed by atoms with Crippen LogP contribution in [0.25, 0.3) is 0 Å². The van der Waals surface area contributed by atoms with Crippen LogP contribution < -0.4 is 0 Å². The monoisotopic (exact) mass is 352 g/mol. The summed E-state index contributed by atoms with van der Waals surface area (Å²) < 4.78 is 6.15. The van der Waals surface area contributed by atoms with Gasteiger partial charge in [-0.3, -0.25) is 19.8 Å². The van der Waals surface area contributed by atoms with Crippen molar-refractivity contribution < 1.29 is 4.74 Å². The van der Waals surface area contributed by atoms with Gasteiger partial charge in [-0.1, -0.05) is 12.1 Å². The molecule has 2 aromatic heterocycles. The summed E-state index contributed by atoms with van der Waals surface area (Å²) in [6, 6.07) is 11.0. The Balaban J connectivity index is 1.40. The van der Waals surface area contributed by atoms with Crippen LogP contribution in [0.3, 0.4) is 0 Å². The van der Waals surface area contributed by atoms with Gasteiger partial charge in [-0.2, -0.15) is 0 Å². The van der Waals surface area contributed by atoms with Gasteiger partial charge in [-0.15, -0.1) is 0 Å². The summed E-state index contributed by atoms with van der Waals surface area (Å²) in [4.78, 5) is 14.1. The molecule has 2 aliphatic heterocycles. The Bertz CT molecular complexity index is 708. The van der Waals surface area contributed by atoms with Gasteiger partial charge in [-0.05, 0) is 43.5 Å². The summed E-state index contributed by atoms with van der Waals surface area (Å²) in [6.45, 7) is 7.99. The Morgan fingerprint density at radius 3 is 2.85 bits per heavy atom. The molecule has 0 saturated carbocycles. The molecule has 2 saturated heterocycles. The summed E-state index contributed by atoms with van der Waals surface area (Å²) in [5.74, 6) is 0. The molecule has 4 rings (SSSR count). The molecule has 26 heavy (non-hydrogen) atoms. The lowest BCUT2D eigenvalue weighted by molar-refractivity contribution is -0.0747. The Hall–Kier alpha value is -1.82. The number of nitrogens with zero attached hydrogens (tertiary/aromatic N) is 4. The molecule has 0 radical (unpaired) electrons. The molecule has 5 nitrogen and oxygen atoms in total. The van der Waals surface area contributed by atoms with Crippen LogP contribution in [0, 0.1) is 6.92 Å². The third-order valence-electron chi connectivity index (χ3n) is 5.52. The first kappa shape index (κ1) is 17.6. The van der Waals surface area contributed by atoms with E-state index in [0.29, 0.717) is 12.1 Å². The highest BCUT2D eigenvalue weighted by molar-refractivity contribution is 5.10. The quantitative estimate of drug-likeness (QED) is 0.846. The number of aryl methyl sites for hydroxylation is 1. The molecule has 0 unspecified atom stereocenters. The van der Waals surface area contributed by atoms with Crippen molar-refractivity contribution in [1.29, 1.82) is 0 Å². The lowest BCUT2D eigenvalue weighted by Crippen LogP contribution is -2.50. The zero-order valence-corrected chi connectivity index (χ0v) is 15.6. The standard InChI is InChI=1S/C21H28N4O/c1-17-4-2-6-19(23-17)16-24-10-7-20-21(8-11-24)26-13-12-25(20)15-18-5-3-9-22-14-18/h2-6,9,14,20-21H,7-8,10-13,15-16H2,1H3/t20-,21+/m1/s1. The molecule has 2 atom stereocenters. The molecule has 5 heteroatoms. The summed E-state index contributed by atoms with van der Waals surface area (Å²) in [5.41, 5.74) is 3.55. The molecule has 0 spiro atoms. The van der Waals surface area contributed by atoms with Gasteiger partial charge >= 0.3 is 0 Å². The third-order valence-corrected chi connectivity index (χ3v) is 5.52. The third kappa shape index (κ3) is 4.29. The second kappa shape index (κ2) is 8.25. The van der Waals surface area contributed by atoms with Crippen molar-refractivity contribution >= 4 is 0 Å². The summed E-state index contributed by atoms with van der Waals surface area (Å²) in [5, 5.41) is 0. The molecule has 138 valence electrons. The Morgan fingerprint density at radius 2 is 2.00 bits per heavy atom. The zero-order chi connectivity index (χ0) is 17.8. The first-order valence-corrected chi connectivity index (χ1v) is 9.67. The molecule has 0 N–H and O–H groups in total. The number of pyridine rings is 2. The number of hydrogen-bond acceptors (Lipinski definition) is 5. The van der Waals surface area contributed by atoms with Crippen LogP contribution in [0.15, 0.2) is 42.7 Å². The fraction of sp³-hybridized carbons (Fsp3) is 0.524. The Kier molecular flexibility index (Phi) is 5.58. The van der Waals surface area contributed by atoms with Crippen LogP contribution in [0.4, 0.5) is 0 Å². The number of likely N-dealkylation sites (tertiary alicyclic amines) is 1. The summed E-state index contributed by atoms with van der Waals surface area (Å²) in [6.07, 6.45) is 6.41. The molecule has 2 aromatic rings. The second-order valence-electron chi connectivity index (χ2n) is 7.43. The first-order valence-electron chi connectivity index (χ1n) is 9.67. The minimum atomic E-state index is 0.343. The SMILES string of the molecule is Cc1cccc(CN2CC[C@@H]3OCCN(Cc4cccnc4)[C@@H]3CC2)n1. The number of aromatic nitrogens is 2. The maximum atomic E-state index is 6.15. The van der Waals surface area contributed by atoms with Crippen molar-refractivity contribution in [2.45, 2.75) is 45.0 Å². The molecule has 2 fully saturated rings. The molecule has 0 bridgehead atoms. The van der Waals surface area contributed by atoms with Crippen LogP contribution in [-0.2, 0) is 17.8 Å². The van der Waals surface area contributed by atoms with E-state index in [9.17, 15) is 0 Å². The topological polar surface area (TPSA) is 41.5 Å². The van der Waals surface area contributed by atoms with Gasteiger partial charge in [0.15, 0.2) is 0 Å². The van der Waals surface area contributed by atoms with Crippen molar-refractivity contribution in [3.63, 3.8) is 0 Å². The maximum Gasteiger partial charge on any atom is 0.0743 e. The second-order valence-corrected chi connectivity index (χ2v) is 7.43. The normalized spacial score (nSPS) is 24.8. The Morgan fingerprint density at radius 1 is 1.08 bits per heavy atom. The van der Waals surface area contributed by atoms with Gasteiger partial charge in [0.05, 0.1) is 18.4 Å². The highest BCUT2D eigenvalue weighted by Gasteiger charge is 2.34. The highest BCUT2D eigenvalue weighted by Crippen LogP contribution is 2.25. The smallest absolute Gasteiger partial charge is 0.0743 e. The van der Waals surface area contributed by atoms with Crippen LogP contribution in [0.1, 0.15) is 29.8 Å². The van der Waals surface area contributed by atoms with Crippen LogP contribution in [0.2, 0.25) is 0 Å². The minimum absolute atomic E-state index is 0.343. The number of fused-ring (bicyclic) bond motifs is 1. The van der Waals surface area contributed by atoms with E-state index in [2.05, 4.69) is 51.0 Å². The van der Waals surface area contributed by atoms with Crippen molar-refractivity contribution in [3.8, 4) is 0 Å². The van der Waals surface area contributed by atoms with Crippen molar-refractivity contribution in [2.75, 3.05) is 26.2 Å². The van der Waals surface area contributed by atoms with Gasteiger partial charge in [0.1, 0.15) is 0 Å². The lowest BCUT2D eigenvalue weighted by atomic mass is 10.0. The predicted octanol–water partition coefficient (Wildman–Crippen LogP) is 2.65. The van der Waals surface area contributed by atoms with Crippen LogP contribution >= 0.6 is 0 Å². The molecular weight excluding hydrogens is 324 g/mol. The zero-order valence-electron chi connectivity index (χ0n) is 15.6. The molecular formula is C21H28N4O. The van der Waals surface area contributed by atoms with Crippen molar-refractivity contribution in [1.82, 2.24) is 19.8 Å². The highest BCUT2D eigenvalue weighted by atomic mass is 16.5. The van der Waals surface area contributed by atoms with Gasteiger partial charge in [0, 0.05) is 56.9 Å². The Labute approximate surface area is 156 Å². The molecule has 4 heterocycles. The van der Waals surface area contributed by atoms with Crippen LogP contribution in [0.5, 0.6) is 0 Å². The average molecular weight is 352 g/mol. The van der Waals surface area contributed by atoms with E-state index in [4.69, 9.17) is 4.74 Å².